The minimum Gasteiger partial charge on any atom is -0.333 e. The van der Waals surface area contributed by atoms with Gasteiger partial charge in [-0.25, -0.2) is 0 Å². The zero-order valence-corrected chi connectivity index (χ0v) is 39.1. The van der Waals surface area contributed by atoms with Gasteiger partial charge in [-0.2, -0.15) is 11.3 Å². The van der Waals surface area contributed by atoms with Crippen molar-refractivity contribution in [3.05, 3.63) is 167 Å². The first kappa shape index (κ1) is 32.8. The maximum Gasteiger partial charge on any atom is 0.0795 e. The number of benzene rings is 6. The molecule has 0 bridgehead atoms. The van der Waals surface area contributed by atoms with Crippen LogP contribution in [0.5, 0.6) is 0 Å². The fourth-order valence-electron chi connectivity index (χ4n) is 7.61. The molecular weight excluding hydrogens is 943 g/mol. The van der Waals surface area contributed by atoms with E-state index in [0.29, 0.717) is 32.4 Å². The Morgan fingerprint density at radius 2 is 1.43 bits per heavy atom. The number of nitrogens with zero attached hydrogens (tertiary/aromatic N) is 3. The summed E-state index contributed by atoms with van der Waals surface area (Å²) in [6.07, 6.45) is 1.92. The first-order valence-corrected chi connectivity index (χ1v) is 24.4. The van der Waals surface area contributed by atoms with Gasteiger partial charge >= 0.3 is 0 Å². The summed E-state index contributed by atoms with van der Waals surface area (Å²) in [7, 11) is -1.34. The van der Waals surface area contributed by atoms with E-state index in [1.165, 1.54) is 33.7 Å². The molecule has 9 rings (SSSR count). The smallest absolute Gasteiger partial charge is 0.0795 e. The number of imidazole rings is 1. The molecule has 0 aliphatic rings. The molecule has 0 amide bonds. The van der Waals surface area contributed by atoms with Crippen molar-refractivity contribution < 1.29 is 32.4 Å². The second kappa shape index (κ2) is 17.6. The van der Waals surface area contributed by atoms with Gasteiger partial charge in [0.05, 0.1) is 24.9 Å². The molecule has 3 nitrogen and oxygen atoms in total. The topological polar surface area (TPSA) is 30.7 Å². The maximum absolute atomic E-state index is 8.40. The van der Waals surface area contributed by atoms with Crippen LogP contribution in [0.2, 0.25) is 19.6 Å². The molecule has 3 heterocycles. The molecular formula is C54H53IrN3SSi-2. The molecule has 0 aliphatic carbocycles. The van der Waals surface area contributed by atoms with Crippen molar-refractivity contribution in [1.29, 1.82) is 0 Å². The van der Waals surface area contributed by atoms with Crippen LogP contribution in [-0.4, -0.2) is 22.6 Å². The first-order chi connectivity index (χ1) is 31.9. The average molecular weight is 1010 g/mol. The molecule has 305 valence electrons. The van der Waals surface area contributed by atoms with Crippen LogP contribution in [0, 0.1) is 32.7 Å². The summed E-state index contributed by atoms with van der Waals surface area (Å²) < 4.78 is 74.9. The molecule has 0 N–H and O–H groups in total. The monoisotopic (exact) mass is 1010 g/mol. The third-order valence-electron chi connectivity index (χ3n) is 10.8. The minimum absolute atomic E-state index is 0. The van der Waals surface area contributed by atoms with Crippen LogP contribution in [0.3, 0.4) is 0 Å². The summed E-state index contributed by atoms with van der Waals surface area (Å²) in [5, 5.41) is 2.61. The number of hydrogen-bond acceptors (Lipinski definition) is 3. The molecule has 0 fully saturated rings. The quantitative estimate of drug-likeness (QED) is 0.118. The predicted octanol–water partition coefficient (Wildman–Crippen LogP) is 14.8. The van der Waals surface area contributed by atoms with Gasteiger partial charge < -0.3 is 9.55 Å². The van der Waals surface area contributed by atoms with E-state index in [9.17, 15) is 0 Å². The van der Waals surface area contributed by atoms with Gasteiger partial charge in [0.25, 0.3) is 0 Å². The van der Waals surface area contributed by atoms with Gasteiger partial charge in [-0.15, -0.1) is 53.1 Å². The fourth-order valence-corrected chi connectivity index (χ4v) is 9.90. The van der Waals surface area contributed by atoms with Crippen LogP contribution < -0.4 is 5.19 Å². The van der Waals surface area contributed by atoms with Gasteiger partial charge in [-0.05, 0) is 97.8 Å². The van der Waals surface area contributed by atoms with E-state index in [1.54, 1.807) is 36.4 Å². The Kier molecular flexibility index (Phi) is 9.58. The number of rotatable bonds is 7. The van der Waals surface area contributed by atoms with Crippen LogP contribution in [-0.2, 0) is 20.1 Å². The zero-order chi connectivity index (χ0) is 49.1. The number of fused-ring (bicyclic) bond motifs is 4. The SMILES string of the molecule is [2H]C([2H])([2H])c1c[c-]c(-c2ccc([Si](C)(C)C)cn2)cc1.[2H]C([2H])([2H])c1ccc2c(c1)sc1c(-c3nc4ccccc4n3-c3c(C(C)C)cc(-c4ccccc4)cc3C(C)C)[c-]cc(C([2H])([2H])[2H])c12.[Ir]. The zero-order valence-electron chi connectivity index (χ0n) is 43.9. The molecule has 6 heteroatoms. The number of aryl methyl sites for hydroxylation is 3. The predicted molar refractivity (Wildman–Crippen MR) is 258 cm³/mol. The Hall–Kier alpha value is -4.97. The van der Waals surface area contributed by atoms with Crippen LogP contribution in [0.1, 0.15) is 79.7 Å². The fraction of sp³-hybridized carbons (Fsp3) is 0.222. The number of aromatic nitrogens is 3. The third kappa shape index (κ3) is 8.49. The van der Waals surface area contributed by atoms with E-state index in [1.807, 2.05) is 36.5 Å². The summed E-state index contributed by atoms with van der Waals surface area (Å²) in [5.41, 5.74) is 10.5. The van der Waals surface area contributed by atoms with E-state index < -0.39 is 28.6 Å². The van der Waals surface area contributed by atoms with Gasteiger partial charge in [0.1, 0.15) is 0 Å². The Bertz CT molecular complexity index is 3190. The van der Waals surface area contributed by atoms with Gasteiger partial charge in [-0.1, -0.05) is 139 Å². The third-order valence-corrected chi connectivity index (χ3v) is 14.0. The van der Waals surface area contributed by atoms with E-state index >= 15 is 0 Å². The van der Waals surface area contributed by atoms with E-state index in [0.717, 1.165) is 43.8 Å². The van der Waals surface area contributed by atoms with Gasteiger partial charge in [0, 0.05) is 49.0 Å². The Balaban J connectivity index is 0.000000281. The Morgan fingerprint density at radius 3 is 2.07 bits per heavy atom. The van der Waals surface area contributed by atoms with E-state index in [-0.39, 0.29) is 43.1 Å². The maximum atomic E-state index is 8.40. The van der Waals surface area contributed by atoms with Gasteiger partial charge in [0.15, 0.2) is 0 Å². The summed E-state index contributed by atoms with van der Waals surface area (Å²) in [6.45, 7) is 8.91. The van der Waals surface area contributed by atoms with E-state index in [4.69, 9.17) is 17.3 Å². The number of thiophene rings is 1. The molecule has 0 spiro atoms. The first-order valence-electron chi connectivity index (χ1n) is 24.5. The van der Waals surface area contributed by atoms with Crippen LogP contribution in [0.4, 0.5) is 0 Å². The molecule has 0 unspecified atom stereocenters. The molecule has 0 atom stereocenters. The van der Waals surface area contributed by atoms with Crippen molar-refractivity contribution in [3.8, 4) is 39.5 Å². The molecule has 9 aromatic rings. The second-order valence-corrected chi connectivity index (χ2v) is 22.8. The summed E-state index contributed by atoms with van der Waals surface area (Å²) >= 11 is 1.39. The van der Waals surface area contributed by atoms with Crippen molar-refractivity contribution in [1.82, 2.24) is 14.5 Å². The van der Waals surface area contributed by atoms with Crippen molar-refractivity contribution in [2.24, 2.45) is 0 Å². The van der Waals surface area contributed by atoms with Crippen molar-refractivity contribution in [2.45, 2.75) is 79.7 Å². The molecule has 0 saturated heterocycles. The molecule has 0 saturated carbocycles. The van der Waals surface area contributed by atoms with Crippen molar-refractivity contribution in [2.75, 3.05) is 0 Å². The summed E-state index contributed by atoms with van der Waals surface area (Å²) in [4.78, 5) is 9.69. The largest absolute Gasteiger partial charge is 0.333 e. The van der Waals surface area contributed by atoms with Crippen LogP contribution in [0.15, 0.2) is 128 Å². The molecule has 0 aliphatic heterocycles. The Labute approximate surface area is 387 Å². The van der Waals surface area contributed by atoms with Crippen molar-refractivity contribution in [3.63, 3.8) is 0 Å². The molecule has 1 radical (unpaired) electrons. The molecule has 6 aromatic carbocycles. The standard InChI is InChI=1S/C39H35N2S.C15H18NSi.Ir/c1-23(2)31-21-28(27-12-8-7-9-13-27)22-32(24(3)4)37(31)41-34-15-11-10-14-33(34)40-39(41)30-19-17-26(6)36-29-18-16-25(5)20-35(29)42-38(30)36;1-12-5-7-13(8-6-12)15-10-9-14(11-16-15)17(2,3)4;/h7-18,20-24H,1-6H3;5-7,9-11H,1-4H3;/q2*-1;/i5D3,6D3;1D3;. The summed E-state index contributed by atoms with van der Waals surface area (Å²) in [6, 6.07) is 45.0. The average Bonchev–Trinajstić information content (AvgIpc) is 3.86. The number of para-hydroxylation sites is 2. The van der Waals surface area contributed by atoms with E-state index in [2.05, 4.69) is 118 Å². The molecule has 3 aromatic heterocycles. The number of pyridine rings is 1. The van der Waals surface area contributed by atoms with Gasteiger partial charge in [0.2, 0.25) is 0 Å². The number of hydrogen-bond donors (Lipinski definition) is 0. The minimum atomic E-state index is -2.40. The van der Waals surface area contributed by atoms with Crippen molar-refractivity contribution >= 4 is 55.8 Å². The van der Waals surface area contributed by atoms with Crippen LogP contribution >= 0.6 is 11.3 Å². The second-order valence-electron chi connectivity index (χ2n) is 16.7. The Morgan fingerprint density at radius 1 is 0.717 bits per heavy atom. The van der Waals surface area contributed by atoms with Crippen LogP contribution in [0.25, 0.3) is 70.7 Å². The summed E-state index contributed by atoms with van der Waals surface area (Å²) in [5.74, 6) is 1.02. The molecule has 60 heavy (non-hydrogen) atoms. The normalized spacial score (nSPS) is 14.5. The van der Waals surface area contributed by atoms with Gasteiger partial charge in [-0.3, -0.25) is 4.98 Å².